The minimum atomic E-state index is -3.71. The standard InChI is InChI=1S/C28H41N3O4S/c1-21-18-27(35-6)19-22(2)28(21)36(33,34)30(5)16-14-26(32)20-23-9-11-25(12-10-23)31-15-7-8-24(13-17-31)29(3)4/h9-12,18-19,24H,7-8,13-17,20H2,1-6H3. The normalized spacial score (nSPS) is 16.9. The van der Waals surface area contributed by atoms with E-state index in [-0.39, 0.29) is 23.6 Å². The molecule has 1 aliphatic heterocycles. The van der Waals surface area contributed by atoms with E-state index in [1.54, 1.807) is 33.1 Å². The third-order valence-corrected chi connectivity index (χ3v) is 9.34. The summed E-state index contributed by atoms with van der Waals surface area (Å²) in [6.45, 7) is 5.76. The van der Waals surface area contributed by atoms with Gasteiger partial charge in [0.2, 0.25) is 10.0 Å². The van der Waals surface area contributed by atoms with Crippen LogP contribution in [0.2, 0.25) is 0 Å². The average molecular weight is 516 g/mol. The van der Waals surface area contributed by atoms with Crippen LogP contribution >= 0.6 is 0 Å². The van der Waals surface area contributed by atoms with Crippen LogP contribution in [0.3, 0.4) is 0 Å². The number of hydrogen-bond acceptors (Lipinski definition) is 6. The van der Waals surface area contributed by atoms with Crippen molar-refractivity contribution in [1.29, 1.82) is 0 Å². The Labute approximate surface area is 217 Å². The average Bonchev–Trinajstić information content (AvgIpc) is 3.09. The molecule has 3 rings (SSSR count). The summed E-state index contributed by atoms with van der Waals surface area (Å²) in [6.07, 6.45) is 4.02. The maximum absolute atomic E-state index is 13.2. The van der Waals surface area contributed by atoms with Gasteiger partial charge in [0.15, 0.2) is 0 Å². The number of hydrogen-bond donors (Lipinski definition) is 0. The Kier molecular flexibility index (Phi) is 9.55. The van der Waals surface area contributed by atoms with Gasteiger partial charge in [0.25, 0.3) is 0 Å². The van der Waals surface area contributed by atoms with E-state index in [0.717, 1.165) is 25.1 Å². The fourth-order valence-corrected chi connectivity index (χ4v) is 6.56. The van der Waals surface area contributed by atoms with Crippen molar-refractivity contribution in [1.82, 2.24) is 9.21 Å². The summed E-state index contributed by atoms with van der Waals surface area (Å²) in [6, 6.07) is 12.3. The first-order chi connectivity index (χ1) is 17.0. The van der Waals surface area contributed by atoms with Crippen LogP contribution in [0.25, 0.3) is 0 Å². The maximum Gasteiger partial charge on any atom is 0.243 e. The van der Waals surface area contributed by atoms with Crippen LogP contribution in [0.15, 0.2) is 41.3 Å². The molecule has 2 aromatic rings. The molecule has 1 unspecified atom stereocenters. The van der Waals surface area contributed by atoms with Crippen LogP contribution in [-0.4, -0.2) is 77.3 Å². The minimum Gasteiger partial charge on any atom is -0.497 e. The number of ether oxygens (including phenoxy) is 1. The number of carbonyl (C=O) groups excluding carboxylic acids is 1. The number of ketones is 1. The van der Waals surface area contributed by atoms with Gasteiger partial charge in [-0.2, -0.15) is 0 Å². The Morgan fingerprint density at radius 3 is 2.25 bits per heavy atom. The number of Topliss-reactive ketones (excluding diaryl/α,β-unsaturated/α-hetero) is 1. The molecule has 0 aliphatic carbocycles. The fourth-order valence-electron chi connectivity index (χ4n) is 4.99. The Bertz CT molecular complexity index is 1120. The Balaban J connectivity index is 1.56. The van der Waals surface area contributed by atoms with Gasteiger partial charge in [0.05, 0.1) is 12.0 Å². The number of rotatable bonds is 10. The van der Waals surface area contributed by atoms with Crippen LogP contribution in [0.1, 0.15) is 42.4 Å². The summed E-state index contributed by atoms with van der Waals surface area (Å²) < 4.78 is 32.9. The largest absolute Gasteiger partial charge is 0.497 e. The third-order valence-electron chi connectivity index (χ3n) is 7.17. The molecular formula is C28H41N3O4S. The van der Waals surface area contributed by atoms with E-state index >= 15 is 0 Å². The molecule has 0 bridgehead atoms. The van der Waals surface area contributed by atoms with E-state index in [2.05, 4.69) is 36.0 Å². The number of methoxy groups -OCH3 is 1. The van der Waals surface area contributed by atoms with E-state index in [9.17, 15) is 13.2 Å². The number of anilines is 1. The van der Waals surface area contributed by atoms with Crippen LogP contribution in [0, 0.1) is 13.8 Å². The maximum atomic E-state index is 13.2. The van der Waals surface area contributed by atoms with Gasteiger partial charge in [-0.15, -0.1) is 0 Å². The number of carbonyl (C=O) groups is 1. The van der Waals surface area contributed by atoms with Crippen molar-refractivity contribution < 1.29 is 17.9 Å². The lowest BCUT2D eigenvalue weighted by molar-refractivity contribution is -0.118. The van der Waals surface area contributed by atoms with Crippen molar-refractivity contribution in [2.24, 2.45) is 0 Å². The molecule has 0 N–H and O–H groups in total. The highest BCUT2D eigenvalue weighted by molar-refractivity contribution is 7.89. The van der Waals surface area contributed by atoms with E-state index < -0.39 is 10.0 Å². The Morgan fingerprint density at radius 2 is 1.67 bits per heavy atom. The van der Waals surface area contributed by atoms with Gasteiger partial charge in [-0.25, -0.2) is 12.7 Å². The Morgan fingerprint density at radius 1 is 1.03 bits per heavy atom. The molecule has 8 heteroatoms. The fraction of sp³-hybridized carbons (Fsp3) is 0.536. The molecule has 0 amide bonds. The van der Waals surface area contributed by atoms with Gasteiger partial charge >= 0.3 is 0 Å². The van der Waals surface area contributed by atoms with E-state index in [1.165, 1.54) is 29.9 Å². The summed E-state index contributed by atoms with van der Waals surface area (Å²) in [5, 5.41) is 0. The highest BCUT2D eigenvalue weighted by Gasteiger charge is 2.26. The van der Waals surface area contributed by atoms with Gasteiger partial charge in [-0.05, 0) is 88.2 Å². The van der Waals surface area contributed by atoms with E-state index in [4.69, 9.17) is 4.74 Å². The summed E-state index contributed by atoms with van der Waals surface area (Å²) in [5.41, 5.74) is 3.41. The molecular weight excluding hydrogens is 474 g/mol. The first kappa shape index (κ1) is 28.2. The summed E-state index contributed by atoms with van der Waals surface area (Å²) in [5.74, 6) is 0.651. The lowest BCUT2D eigenvalue weighted by Crippen LogP contribution is -2.30. The summed E-state index contributed by atoms with van der Waals surface area (Å²) >= 11 is 0. The van der Waals surface area contributed by atoms with Crippen molar-refractivity contribution >= 4 is 21.5 Å². The van der Waals surface area contributed by atoms with E-state index in [0.29, 0.717) is 29.3 Å². The molecule has 7 nitrogen and oxygen atoms in total. The molecule has 0 aromatic heterocycles. The molecule has 198 valence electrons. The lowest BCUT2D eigenvalue weighted by Gasteiger charge is -2.25. The number of aryl methyl sites for hydroxylation is 2. The second kappa shape index (κ2) is 12.2. The van der Waals surface area contributed by atoms with Crippen LogP contribution < -0.4 is 9.64 Å². The van der Waals surface area contributed by atoms with Crippen LogP contribution in [0.4, 0.5) is 5.69 Å². The molecule has 36 heavy (non-hydrogen) atoms. The van der Waals surface area contributed by atoms with Gasteiger partial charge in [0.1, 0.15) is 11.5 Å². The number of benzene rings is 2. The molecule has 0 saturated carbocycles. The topological polar surface area (TPSA) is 70.2 Å². The number of sulfonamides is 1. The van der Waals surface area contributed by atoms with Gasteiger partial charge in [-0.1, -0.05) is 12.1 Å². The van der Waals surface area contributed by atoms with Crippen LogP contribution in [-0.2, 0) is 21.2 Å². The predicted molar refractivity (Wildman–Crippen MR) is 146 cm³/mol. The van der Waals surface area contributed by atoms with Crippen molar-refractivity contribution in [3.05, 3.63) is 53.1 Å². The highest BCUT2D eigenvalue weighted by atomic mass is 32.2. The zero-order valence-electron chi connectivity index (χ0n) is 22.6. The second-order valence-electron chi connectivity index (χ2n) is 10.1. The molecule has 1 heterocycles. The first-order valence-corrected chi connectivity index (χ1v) is 14.1. The molecule has 1 atom stereocenters. The molecule has 0 spiro atoms. The van der Waals surface area contributed by atoms with Crippen molar-refractivity contribution in [3.63, 3.8) is 0 Å². The van der Waals surface area contributed by atoms with Gasteiger partial charge in [-0.3, -0.25) is 4.79 Å². The number of nitrogens with zero attached hydrogens (tertiary/aromatic N) is 3. The minimum absolute atomic E-state index is 0.0246. The predicted octanol–water partition coefficient (Wildman–Crippen LogP) is 4.05. The molecule has 1 aliphatic rings. The quantitative estimate of drug-likeness (QED) is 0.475. The zero-order valence-corrected chi connectivity index (χ0v) is 23.4. The smallest absolute Gasteiger partial charge is 0.243 e. The second-order valence-corrected chi connectivity index (χ2v) is 12.1. The third kappa shape index (κ3) is 6.87. The zero-order chi connectivity index (χ0) is 26.5. The van der Waals surface area contributed by atoms with Crippen molar-refractivity contribution in [2.45, 2.75) is 56.9 Å². The molecule has 1 saturated heterocycles. The highest BCUT2D eigenvalue weighted by Crippen LogP contribution is 2.28. The van der Waals surface area contributed by atoms with Crippen molar-refractivity contribution in [2.75, 3.05) is 52.8 Å². The van der Waals surface area contributed by atoms with Crippen LogP contribution in [0.5, 0.6) is 5.75 Å². The molecule has 1 fully saturated rings. The molecule has 2 aromatic carbocycles. The summed E-state index contributed by atoms with van der Waals surface area (Å²) in [7, 11) is 3.69. The van der Waals surface area contributed by atoms with Gasteiger partial charge < -0.3 is 14.5 Å². The summed E-state index contributed by atoms with van der Waals surface area (Å²) in [4.78, 5) is 17.7. The Hall–Kier alpha value is -2.42. The van der Waals surface area contributed by atoms with E-state index in [1.807, 2.05) is 12.1 Å². The monoisotopic (exact) mass is 515 g/mol. The van der Waals surface area contributed by atoms with Crippen molar-refractivity contribution in [3.8, 4) is 5.75 Å². The molecule has 0 radical (unpaired) electrons. The first-order valence-electron chi connectivity index (χ1n) is 12.7. The SMILES string of the molecule is COc1cc(C)c(S(=O)(=O)N(C)CCC(=O)Cc2ccc(N3CCCC(N(C)C)CC3)cc2)c(C)c1. The van der Waals surface area contributed by atoms with Gasteiger partial charge in [0, 0.05) is 51.3 Å². The lowest BCUT2D eigenvalue weighted by atomic mass is 10.1.